The topological polar surface area (TPSA) is 32.3 Å². The van der Waals surface area contributed by atoms with E-state index in [1.807, 2.05) is 18.9 Å². The van der Waals surface area contributed by atoms with Gasteiger partial charge < -0.3 is 5.32 Å². The number of alkyl halides is 1. The first-order valence-corrected chi connectivity index (χ1v) is 6.30. The lowest BCUT2D eigenvalue weighted by Gasteiger charge is -2.30. The molecule has 1 amide bonds. The molecule has 1 unspecified atom stereocenters. The Morgan fingerprint density at radius 2 is 2.06 bits per heavy atom. The molecule has 1 aliphatic heterocycles. The van der Waals surface area contributed by atoms with Crippen LogP contribution in [0.1, 0.15) is 34.1 Å². The summed E-state index contributed by atoms with van der Waals surface area (Å²) >= 11 is 6.05. The first-order valence-electron chi connectivity index (χ1n) is 5.86. The molecule has 1 aliphatic rings. The number of carbonyl (C=O) groups is 1. The van der Waals surface area contributed by atoms with E-state index in [0.29, 0.717) is 0 Å². The van der Waals surface area contributed by atoms with Crippen LogP contribution in [-0.4, -0.2) is 41.9 Å². The number of hydrogen-bond acceptors (Lipinski definition) is 2. The van der Waals surface area contributed by atoms with E-state index in [0.717, 1.165) is 13.0 Å². The average molecular weight is 247 g/mol. The first-order chi connectivity index (χ1) is 7.21. The molecule has 1 rings (SSSR count). The molecule has 0 bridgehead atoms. The zero-order valence-electron chi connectivity index (χ0n) is 10.9. The summed E-state index contributed by atoms with van der Waals surface area (Å²) in [6.45, 7) is 9.22. The third kappa shape index (κ3) is 3.36. The highest BCUT2D eigenvalue weighted by atomic mass is 35.5. The fraction of sp³-hybridized carbons (Fsp3) is 0.917. The van der Waals surface area contributed by atoms with Crippen molar-refractivity contribution in [1.29, 1.82) is 0 Å². The molecule has 3 atom stereocenters. The maximum Gasteiger partial charge on any atom is 0.237 e. The normalized spacial score (nSPS) is 29.1. The second kappa shape index (κ2) is 4.92. The van der Waals surface area contributed by atoms with Crippen LogP contribution in [0.3, 0.4) is 0 Å². The van der Waals surface area contributed by atoms with Crippen molar-refractivity contribution in [2.24, 2.45) is 5.41 Å². The fourth-order valence-corrected chi connectivity index (χ4v) is 2.16. The predicted molar refractivity (Wildman–Crippen MR) is 67.7 cm³/mol. The summed E-state index contributed by atoms with van der Waals surface area (Å²) in [6.07, 6.45) is 0.751. The minimum atomic E-state index is -0.0627. The molecule has 0 aromatic heterocycles. The van der Waals surface area contributed by atoms with Crippen molar-refractivity contribution >= 4 is 17.5 Å². The summed E-state index contributed by atoms with van der Waals surface area (Å²) in [6, 6.07) is 0.107. The van der Waals surface area contributed by atoms with Crippen LogP contribution in [0.4, 0.5) is 0 Å². The van der Waals surface area contributed by atoms with Crippen LogP contribution >= 0.6 is 11.6 Å². The molecule has 4 heteroatoms. The number of nitrogens with one attached hydrogen (secondary N) is 1. The Hall–Kier alpha value is -0.280. The van der Waals surface area contributed by atoms with E-state index >= 15 is 0 Å². The summed E-state index contributed by atoms with van der Waals surface area (Å²) < 4.78 is 0. The number of nitrogens with zero attached hydrogens (tertiary/aromatic N) is 1. The lowest BCUT2D eigenvalue weighted by Crippen LogP contribution is -2.48. The molecular weight excluding hydrogens is 224 g/mol. The largest absolute Gasteiger partial charge is 0.352 e. The van der Waals surface area contributed by atoms with Crippen LogP contribution in [0, 0.1) is 5.41 Å². The smallest absolute Gasteiger partial charge is 0.237 e. The van der Waals surface area contributed by atoms with Crippen molar-refractivity contribution in [2.45, 2.75) is 51.6 Å². The van der Waals surface area contributed by atoms with E-state index in [-0.39, 0.29) is 28.8 Å². The van der Waals surface area contributed by atoms with Crippen LogP contribution in [0.2, 0.25) is 0 Å². The van der Waals surface area contributed by atoms with Crippen molar-refractivity contribution in [3.8, 4) is 0 Å². The predicted octanol–water partition coefficient (Wildman–Crippen LogP) is 1.85. The van der Waals surface area contributed by atoms with Gasteiger partial charge in [0.25, 0.3) is 0 Å². The Bertz CT molecular complexity index is 262. The molecule has 0 saturated carbocycles. The number of amides is 1. The number of halogens is 1. The molecule has 0 radical (unpaired) electrons. The highest BCUT2D eigenvalue weighted by Gasteiger charge is 2.34. The highest BCUT2D eigenvalue weighted by molar-refractivity contribution is 6.21. The van der Waals surface area contributed by atoms with E-state index in [4.69, 9.17) is 11.6 Å². The van der Waals surface area contributed by atoms with Gasteiger partial charge in [0.2, 0.25) is 5.91 Å². The maximum absolute atomic E-state index is 12.0. The first kappa shape index (κ1) is 13.8. The Morgan fingerprint density at radius 3 is 2.44 bits per heavy atom. The van der Waals surface area contributed by atoms with Gasteiger partial charge in [0.1, 0.15) is 0 Å². The zero-order chi connectivity index (χ0) is 12.5. The minimum Gasteiger partial charge on any atom is -0.352 e. The molecular formula is C12H23ClN2O. The van der Waals surface area contributed by atoms with Gasteiger partial charge in [-0.25, -0.2) is 0 Å². The lowest BCUT2D eigenvalue weighted by atomic mass is 9.88. The van der Waals surface area contributed by atoms with Crippen molar-refractivity contribution in [2.75, 3.05) is 13.6 Å². The summed E-state index contributed by atoms with van der Waals surface area (Å²) in [7, 11) is 1.95. The molecule has 1 heterocycles. The van der Waals surface area contributed by atoms with Gasteiger partial charge in [-0.2, -0.15) is 0 Å². The molecule has 0 aromatic rings. The molecule has 16 heavy (non-hydrogen) atoms. The Kier molecular flexibility index (Phi) is 4.24. The number of likely N-dealkylation sites (tertiary alicyclic amines) is 1. The van der Waals surface area contributed by atoms with E-state index in [1.54, 1.807) is 0 Å². The summed E-state index contributed by atoms with van der Waals surface area (Å²) in [4.78, 5) is 14.1. The molecule has 0 aromatic carbocycles. The van der Waals surface area contributed by atoms with E-state index in [2.05, 4.69) is 26.1 Å². The van der Waals surface area contributed by atoms with Crippen molar-refractivity contribution < 1.29 is 4.79 Å². The molecule has 1 fully saturated rings. The van der Waals surface area contributed by atoms with E-state index in [9.17, 15) is 4.79 Å². The summed E-state index contributed by atoms with van der Waals surface area (Å²) in [5.41, 5.74) is 0.0905. The average Bonchev–Trinajstić information content (AvgIpc) is 2.43. The molecule has 0 spiro atoms. The fourth-order valence-electron chi connectivity index (χ4n) is 1.77. The monoisotopic (exact) mass is 246 g/mol. The van der Waals surface area contributed by atoms with Crippen molar-refractivity contribution in [1.82, 2.24) is 10.2 Å². The maximum atomic E-state index is 12.0. The van der Waals surface area contributed by atoms with Gasteiger partial charge in [0, 0.05) is 18.0 Å². The standard InChI is InChI=1S/C12H23ClN2O/c1-8(12(2,3)4)14-11(16)10-6-9(13)7-15(10)5/h8-10H,6-7H2,1-5H3,(H,14,16)/t8?,9-,10-/m0/s1. The van der Waals surface area contributed by atoms with Gasteiger partial charge in [-0.1, -0.05) is 20.8 Å². The van der Waals surface area contributed by atoms with Crippen LogP contribution in [-0.2, 0) is 4.79 Å². The van der Waals surface area contributed by atoms with Gasteiger partial charge in [-0.05, 0) is 25.8 Å². The Morgan fingerprint density at radius 1 is 1.50 bits per heavy atom. The van der Waals surface area contributed by atoms with Gasteiger partial charge >= 0.3 is 0 Å². The van der Waals surface area contributed by atoms with E-state index < -0.39 is 0 Å². The third-order valence-corrected chi connectivity index (χ3v) is 3.77. The molecule has 1 N–H and O–H groups in total. The van der Waals surface area contributed by atoms with Crippen LogP contribution < -0.4 is 5.32 Å². The lowest BCUT2D eigenvalue weighted by molar-refractivity contribution is -0.126. The van der Waals surface area contributed by atoms with Gasteiger partial charge in [-0.15, -0.1) is 11.6 Å². The van der Waals surface area contributed by atoms with Crippen LogP contribution in [0.5, 0.6) is 0 Å². The number of rotatable bonds is 2. The number of likely N-dealkylation sites (N-methyl/N-ethyl adjacent to an activating group) is 1. The van der Waals surface area contributed by atoms with Gasteiger partial charge in [0.05, 0.1) is 6.04 Å². The molecule has 1 saturated heterocycles. The summed E-state index contributed by atoms with van der Waals surface area (Å²) in [5, 5.41) is 3.18. The van der Waals surface area contributed by atoms with E-state index in [1.165, 1.54) is 0 Å². The Balaban J connectivity index is 2.53. The second-order valence-electron chi connectivity index (χ2n) is 5.88. The molecule has 94 valence electrons. The number of carbonyl (C=O) groups excluding carboxylic acids is 1. The van der Waals surface area contributed by atoms with Crippen molar-refractivity contribution in [3.63, 3.8) is 0 Å². The van der Waals surface area contributed by atoms with Crippen LogP contribution in [0.15, 0.2) is 0 Å². The highest BCUT2D eigenvalue weighted by Crippen LogP contribution is 2.22. The van der Waals surface area contributed by atoms with Crippen molar-refractivity contribution in [3.05, 3.63) is 0 Å². The van der Waals surface area contributed by atoms with Gasteiger partial charge in [0.15, 0.2) is 0 Å². The minimum absolute atomic E-state index is 0.0627. The molecule has 3 nitrogen and oxygen atoms in total. The SMILES string of the molecule is CC(NC(=O)[C@@H]1C[C@H](Cl)CN1C)C(C)(C)C. The second-order valence-corrected chi connectivity index (χ2v) is 6.50. The number of hydrogen-bond donors (Lipinski definition) is 1. The molecule has 0 aliphatic carbocycles. The quantitative estimate of drug-likeness (QED) is 0.755. The third-order valence-electron chi connectivity index (χ3n) is 3.46. The van der Waals surface area contributed by atoms with Gasteiger partial charge in [-0.3, -0.25) is 9.69 Å². The Labute approximate surface area is 104 Å². The van der Waals surface area contributed by atoms with Crippen LogP contribution in [0.25, 0.3) is 0 Å². The zero-order valence-corrected chi connectivity index (χ0v) is 11.6. The summed E-state index contributed by atoms with van der Waals surface area (Å²) in [5.74, 6) is 0.105.